The Morgan fingerprint density at radius 1 is 1.02 bits per heavy atom. The standard InChI is InChI=1S/C42H46FN9O5S/c1-21(2)35(50-41(54)56-5)38(53)51-13-7-9-30(51)37-46-19-28(49-37)23-15-25(43)34-31-16-24-14-22(27-18-45-36(48-27)26-8-6-12-44-26)10-11-29(24)52(31)39(57-32(34)17-23)33-20-47-40(58-33)42(3,4)55/h10-11,14-21,26,30,35,39,44,55H,6-9,12-13H2,1-5H3,(H,45,48)(H,46,49)(H,50,54)/t26-,30-,35-,39?/m0/s1. The first-order valence-electron chi connectivity index (χ1n) is 19.7. The molecule has 14 nitrogen and oxygen atoms in total. The van der Waals surface area contributed by atoms with Crippen molar-refractivity contribution in [3.05, 3.63) is 82.3 Å². The van der Waals surface area contributed by atoms with Crippen molar-refractivity contribution in [1.82, 2.24) is 45.0 Å². The summed E-state index contributed by atoms with van der Waals surface area (Å²) < 4.78 is 30.2. The lowest BCUT2D eigenvalue weighted by Gasteiger charge is -2.30. The van der Waals surface area contributed by atoms with E-state index in [0.717, 1.165) is 58.7 Å². The summed E-state index contributed by atoms with van der Waals surface area (Å²) in [6, 6.07) is 10.5. The van der Waals surface area contributed by atoms with E-state index in [4.69, 9.17) is 9.47 Å². The van der Waals surface area contributed by atoms with E-state index in [1.807, 2.05) is 48.9 Å². The Kier molecular flexibility index (Phi) is 9.60. The van der Waals surface area contributed by atoms with Gasteiger partial charge in [-0.3, -0.25) is 9.36 Å². The highest BCUT2D eigenvalue weighted by molar-refractivity contribution is 7.11. The smallest absolute Gasteiger partial charge is 0.407 e. The molecule has 4 aromatic heterocycles. The van der Waals surface area contributed by atoms with Crippen LogP contribution in [0.25, 0.3) is 44.7 Å². The maximum Gasteiger partial charge on any atom is 0.407 e. The summed E-state index contributed by atoms with van der Waals surface area (Å²) in [6.45, 7) is 8.61. The zero-order chi connectivity index (χ0) is 40.5. The van der Waals surface area contributed by atoms with Crippen LogP contribution >= 0.6 is 11.3 Å². The number of amides is 2. The second-order valence-corrected chi connectivity index (χ2v) is 17.2. The summed E-state index contributed by atoms with van der Waals surface area (Å²) in [7, 11) is 1.27. The van der Waals surface area contributed by atoms with Gasteiger partial charge in [0, 0.05) is 29.3 Å². The molecule has 9 rings (SSSR count). The number of hydrogen-bond donors (Lipinski definition) is 5. The fourth-order valence-electron chi connectivity index (χ4n) is 8.39. The number of alkyl carbamates (subject to hydrolysis) is 1. The van der Waals surface area contributed by atoms with E-state index in [9.17, 15) is 14.7 Å². The molecule has 3 aliphatic rings. The molecule has 0 aliphatic carbocycles. The van der Waals surface area contributed by atoms with Crippen LogP contribution in [0.2, 0.25) is 0 Å². The number of hydrogen-bond acceptors (Lipinski definition) is 10. The van der Waals surface area contributed by atoms with Crippen molar-refractivity contribution >= 4 is 34.2 Å². The summed E-state index contributed by atoms with van der Waals surface area (Å²) in [5.74, 6) is 0.984. The number of H-pyrrole nitrogens is 2. The first kappa shape index (κ1) is 38.0. The van der Waals surface area contributed by atoms with E-state index in [0.29, 0.717) is 52.1 Å². The van der Waals surface area contributed by atoms with Gasteiger partial charge in [-0.05, 0) is 82.3 Å². The fraction of sp³-hybridized carbons (Fsp3) is 0.405. The Bertz CT molecular complexity index is 2530. The highest BCUT2D eigenvalue weighted by Crippen LogP contribution is 2.48. The molecular formula is C42H46FN9O5S. The number of thiazole rings is 1. The summed E-state index contributed by atoms with van der Waals surface area (Å²) >= 11 is 1.35. The van der Waals surface area contributed by atoms with Crippen molar-refractivity contribution in [2.75, 3.05) is 20.2 Å². The number of ether oxygens (including phenoxy) is 2. The van der Waals surface area contributed by atoms with Crippen LogP contribution in [-0.2, 0) is 15.1 Å². The van der Waals surface area contributed by atoms with Crippen LogP contribution < -0.4 is 15.4 Å². The van der Waals surface area contributed by atoms with Gasteiger partial charge in [-0.15, -0.1) is 11.3 Å². The molecule has 1 unspecified atom stereocenters. The SMILES string of the molecule is COC(=O)N[C@H](C(=O)N1CCC[C@H]1c1ncc(-c2cc(F)c3c(c2)OC(c2cnc(C(C)(C)O)s2)n2c-3cc3cc(-c4cnc([C@@H]5CCCN5)[nH]4)ccc32)[nH]1)C(C)C. The number of carbonyl (C=O) groups excluding carboxylic acids is 2. The number of nitrogens with one attached hydrogen (secondary N) is 4. The van der Waals surface area contributed by atoms with Crippen LogP contribution in [0.5, 0.6) is 5.75 Å². The normalized spacial score (nSPS) is 19.7. The van der Waals surface area contributed by atoms with Gasteiger partial charge in [-0.1, -0.05) is 19.9 Å². The maximum absolute atomic E-state index is 16.7. The molecule has 6 aromatic rings. The fourth-order valence-corrected chi connectivity index (χ4v) is 9.33. The van der Waals surface area contributed by atoms with Crippen LogP contribution in [0.1, 0.15) is 93.2 Å². The third-order valence-corrected chi connectivity index (χ3v) is 12.7. The number of fused-ring (bicyclic) bond motifs is 5. The molecule has 2 saturated heterocycles. The predicted octanol–water partition coefficient (Wildman–Crippen LogP) is 7.32. The number of rotatable bonds is 9. The Hall–Kier alpha value is -5.58. The van der Waals surface area contributed by atoms with Gasteiger partial charge in [0.15, 0.2) is 0 Å². The molecule has 4 atom stereocenters. The average Bonchev–Trinajstić information content (AvgIpc) is 4.05. The minimum absolute atomic E-state index is 0.168. The number of aliphatic hydroxyl groups is 1. The van der Waals surface area contributed by atoms with Crippen molar-refractivity contribution in [2.24, 2.45) is 5.92 Å². The topological polar surface area (TPSA) is 175 Å². The van der Waals surface area contributed by atoms with Crippen LogP contribution in [0.3, 0.4) is 0 Å². The van der Waals surface area contributed by atoms with E-state index in [2.05, 4.69) is 41.6 Å². The van der Waals surface area contributed by atoms with Crippen LogP contribution in [0, 0.1) is 11.7 Å². The van der Waals surface area contributed by atoms with Gasteiger partial charge in [-0.25, -0.2) is 24.1 Å². The molecule has 2 aromatic carbocycles. The summed E-state index contributed by atoms with van der Waals surface area (Å²) in [6.07, 6.45) is 7.44. The third kappa shape index (κ3) is 6.71. The van der Waals surface area contributed by atoms with E-state index in [1.54, 1.807) is 31.1 Å². The highest BCUT2D eigenvalue weighted by atomic mass is 32.1. The van der Waals surface area contributed by atoms with Gasteiger partial charge in [0.05, 0.1) is 64.6 Å². The van der Waals surface area contributed by atoms with E-state index in [-0.39, 0.29) is 23.9 Å². The summed E-state index contributed by atoms with van der Waals surface area (Å²) in [4.78, 5) is 49.0. The number of imidazole rings is 2. The molecule has 302 valence electrons. The number of aromatic amines is 2. The molecule has 0 saturated carbocycles. The minimum Gasteiger partial charge on any atom is -0.464 e. The van der Waals surface area contributed by atoms with Crippen LogP contribution in [0.4, 0.5) is 9.18 Å². The number of aromatic nitrogens is 6. The van der Waals surface area contributed by atoms with Crippen molar-refractivity contribution in [3.8, 4) is 39.5 Å². The van der Waals surface area contributed by atoms with Gasteiger partial charge >= 0.3 is 6.09 Å². The van der Waals surface area contributed by atoms with Crippen molar-refractivity contribution in [1.29, 1.82) is 0 Å². The van der Waals surface area contributed by atoms with E-state index in [1.165, 1.54) is 24.5 Å². The Morgan fingerprint density at radius 2 is 1.79 bits per heavy atom. The lowest BCUT2D eigenvalue weighted by Crippen LogP contribution is -2.51. The molecule has 2 amide bonds. The molecule has 2 fully saturated rings. The lowest BCUT2D eigenvalue weighted by atomic mass is 10.0. The van der Waals surface area contributed by atoms with Crippen molar-refractivity contribution in [2.45, 2.75) is 83.3 Å². The lowest BCUT2D eigenvalue weighted by molar-refractivity contribution is -0.135. The molecule has 3 aliphatic heterocycles. The van der Waals surface area contributed by atoms with Gasteiger partial charge in [-0.2, -0.15) is 0 Å². The number of halogens is 1. The van der Waals surface area contributed by atoms with Crippen LogP contribution in [-0.4, -0.2) is 77.7 Å². The van der Waals surface area contributed by atoms with Crippen molar-refractivity contribution in [3.63, 3.8) is 0 Å². The first-order valence-corrected chi connectivity index (χ1v) is 20.5. The summed E-state index contributed by atoms with van der Waals surface area (Å²) in [5.41, 5.74) is 3.61. The predicted molar refractivity (Wildman–Crippen MR) is 216 cm³/mol. The molecule has 7 heterocycles. The zero-order valence-electron chi connectivity index (χ0n) is 32.9. The number of methoxy groups -OCH3 is 1. The van der Waals surface area contributed by atoms with E-state index >= 15 is 4.39 Å². The molecule has 58 heavy (non-hydrogen) atoms. The second kappa shape index (κ2) is 14.7. The Labute approximate surface area is 338 Å². The quantitative estimate of drug-likeness (QED) is 0.100. The minimum atomic E-state index is -1.16. The highest BCUT2D eigenvalue weighted by Gasteiger charge is 2.38. The van der Waals surface area contributed by atoms with Crippen LogP contribution in [0.15, 0.2) is 55.0 Å². The van der Waals surface area contributed by atoms with Gasteiger partial charge in [0.25, 0.3) is 0 Å². The number of carbonyl (C=O) groups is 2. The molecular weight excluding hydrogens is 762 g/mol. The Morgan fingerprint density at radius 3 is 2.52 bits per heavy atom. The average molecular weight is 808 g/mol. The monoisotopic (exact) mass is 807 g/mol. The zero-order valence-corrected chi connectivity index (χ0v) is 33.7. The largest absolute Gasteiger partial charge is 0.464 e. The summed E-state index contributed by atoms with van der Waals surface area (Å²) in [5, 5.41) is 18.4. The number of likely N-dealkylation sites (tertiary alicyclic amines) is 1. The van der Waals surface area contributed by atoms with E-state index < -0.39 is 29.8 Å². The first-order chi connectivity index (χ1) is 27.9. The second-order valence-electron chi connectivity index (χ2n) is 16.2. The molecule has 5 N–H and O–H groups in total. The maximum atomic E-state index is 16.7. The van der Waals surface area contributed by atoms with Gasteiger partial charge < -0.3 is 40.1 Å². The van der Waals surface area contributed by atoms with Crippen molar-refractivity contribution < 1.29 is 28.6 Å². The molecule has 16 heteroatoms. The number of benzene rings is 2. The Balaban J connectivity index is 1.08. The number of nitrogens with zero attached hydrogens (tertiary/aromatic N) is 5. The van der Waals surface area contributed by atoms with Gasteiger partial charge in [0.2, 0.25) is 12.1 Å². The molecule has 0 spiro atoms. The molecule has 0 radical (unpaired) electrons. The third-order valence-electron chi connectivity index (χ3n) is 11.4. The molecule has 0 bridgehead atoms. The van der Waals surface area contributed by atoms with Gasteiger partial charge in [0.1, 0.15) is 39.9 Å².